The Morgan fingerprint density at radius 2 is 1.71 bits per heavy atom. The lowest BCUT2D eigenvalue weighted by molar-refractivity contribution is 0.354. The van der Waals surface area contributed by atoms with Crippen LogP contribution in [0.2, 0.25) is 0 Å². The molecule has 2 aromatic rings. The first-order chi connectivity index (χ1) is 11.4. The highest BCUT2D eigenvalue weighted by atomic mass is 16.5. The molecule has 126 valence electrons. The van der Waals surface area contributed by atoms with Crippen LogP contribution in [0.4, 0.5) is 5.69 Å². The predicted octanol–water partition coefficient (Wildman–Crippen LogP) is 4.07. The van der Waals surface area contributed by atoms with E-state index in [9.17, 15) is 5.26 Å². The van der Waals surface area contributed by atoms with E-state index in [0.717, 1.165) is 28.2 Å². The van der Waals surface area contributed by atoms with E-state index in [1.165, 1.54) is 0 Å². The van der Waals surface area contributed by atoms with Crippen LogP contribution >= 0.6 is 0 Å². The third-order valence-corrected chi connectivity index (χ3v) is 4.05. The molecule has 0 fully saturated rings. The highest BCUT2D eigenvalue weighted by Gasteiger charge is 2.16. The van der Waals surface area contributed by atoms with Gasteiger partial charge in [0.25, 0.3) is 0 Å². The van der Waals surface area contributed by atoms with Gasteiger partial charge in [-0.3, -0.25) is 4.98 Å². The predicted molar refractivity (Wildman–Crippen MR) is 94.7 cm³/mol. The molecule has 0 bridgehead atoms. The Bertz CT molecular complexity index is 794. The Balaban J connectivity index is 2.41. The van der Waals surface area contributed by atoms with Crippen LogP contribution in [0.5, 0.6) is 11.5 Å². The number of anilines is 1. The third kappa shape index (κ3) is 3.43. The number of rotatable bonds is 5. The summed E-state index contributed by atoms with van der Waals surface area (Å²) < 4.78 is 10.7. The van der Waals surface area contributed by atoms with E-state index in [1.54, 1.807) is 14.2 Å². The van der Waals surface area contributed by atoms with Gasteiger partial charge in [0.15, 0.2) is 11.5 Å². The molecule has 0 saturated carbocycles. The van der Waals surface area contributed by atoms with E-state index in [2.05, 4.69) is 23.3 Å². The zero-order chi connectivity index (χ0) is 17.9. The number of aryl methyl sites for hydroxylation is 3. The molecule has 0 aliphatic carbocycles. The molecule has 24 heavy (non-hydrogen) atoms. The standard InChI is InChI=1S/C19H23N3O2/c1-11-7-18(23-5)19(24-6)9-15(11)13(3)22-17-8-12(2)21-14(4)16(17)10-20/h7-9,13H,1-6H3,(H,21,22). The SMILES string of the molecule is COc1cc(C)c(C(C)Nc2cc(C)nc(C)c2C#N)cc1OC. The minimum atomic E-state index is -0.00175. The Hall–Kier alpha value is -2.74. The molecular weight excluding hydrogens is 302 g/mol. The molecule has 0 amide bonds. The largest absolute Gasteiger partial charge is 0.493 e. The van der Waals surface area contributed by atoms with Crippen molar-refractivity contribution < 1.29 is 9.47 Å². The maximum absolute atomic E-state index is 9.41. The van der Waals surface area contributed by atoms with Crippen molar-refractivity contribution in [3.63, 3.8) is 0 Å². The second kappa shape index (κ2) is 7.22. The molecule has 1 aromatic heterocycles. The quantitative estimate of drug-likeness (QED) is 0.897. The smallest absolute Gasteiger partial charge is 0.161 e. The van der Waals surface area contributed by atoms with Crippen molar-refractivity contribution in [1.82, 2.24) is 4.98 Å². The van der Waals surface area contributed by atoms with Crippen molar-refractivity contribution in [1.29, 1.82) is 5.26 Å². The number of aromatic nitrogens is 1. The minimum Gasteiger partial charge on any atom is -0.493 e. The van der Waals surface area contributed by atoms with Crippen LogP contribution in [0.3, 0.4) is 0 Å². The summed E-state index contributed by atoms with van der Waals surface area (Å²) in [5.74, 6) is 1.40. The molecule has 0 aliphatic rings. The number of hydrogen-bond donors (Lipinski definition) is 1. The van der Waals surface area contributed by atoms with Crippen LogP contribution in [0.25, 0.3) is 0 Å². The number of nitrogens with zero attached hydrogens (tertiary/aromatic N) is 2. The first-order valence-corrected chi connectivity index (χ1v) is 7.78. The molecule has 0 saturated heterocycles. The fourth-order valence-corrected chi connectivity index (χ4v) is 2.86. The maximum atomic E-state index is 9.41. The zero-order valence-corrected chi connectivity index (χ0v) is 15.0. The second-order valence-corrected chi connectivity index (χ2v) is 5.81. The van der Waals surface area contributed by atoms with Gasteiger partial charge in [0.05, 0.1) is 31.2 Å². The monoisotopic (exact) mass is 325 g/mol. The number of pyridine rings is 1. The second-order valence-electron chi connectivity index (χ2n) is 5.81. The summed E-state index contributed by atoms with van der Waals surface area (Å²) in [6.45, 7) is 7.86. The summed E-state index contributed by atoms with van der Waals surface area (Å²) in [6.07, 6.45) is 0. The van der Waals surface area contributed by atoms with Gasteiger partial charge in [-0.1, -0.05) is 0 Å². The van der Waals surface area contributed by atoms with Gasteiger partial charge in [-0.2, -0.15) is 5.26 Å². The van der Waals surface area contributed by atoms with E-state index in [0.29, 0.717) is 17.1 Å². The van der Waals surface area contributed by atoms with E-state index < -0.39 is 0 Å². The summed E-state index contributed by atoms with van der Waals surface area (Å²) in [5, 5.41) is 12.8. The third-order valence-electron chi connectivity index (χ3n) is 4.05. The molecular formula is C19H23N3O2. The lowest BCUT2D eigenvalue weighted by Crippen LogP contribution is -2.11. The van der Waals surface area contributed by atoms with Crippen molar-refractivity contribution in [2.45, 2.75) is 33.7 Å². The number of benzene rings is 1. The van der Waals surface area contributed by atoms with Crippen LogP contribution in [0.15, 0.2) is 18.2 Å². The molecule has 1 N–H and O–H groups in total. The molecule has 5 heteroatoms. The van der Waals surface area contributed by atoms with Gasteiger partial charge in [-0.05, 0) is 57.0 Å². The van der Waals surface area contributed by atoms with Gasteiger partial charge in [0.1, 0.15) is 6.07 Å². The van der Waals surface area contributed by atoms with Gasteiger partial charge in [0.2, 0.25) is 0 Å². The molecule has 0 spiro atoms. The van der Waals surface area contributed by atoms with Crippen LogP contribution < -0.4 is 14.8 Å². The van der Waals surface area contributed by atoms with Crippen molar-refractivity contribution in [3.05, 3.63) is 46.3 Å². The maximum Gasteiger partial charge on any atom is 0.161 e. The molecule has 1 unspecified atom stereocenters. The van der Waals surface area contributed by atoms with Crippen molar-refractivity contribution >= 4 is 5.69 Å². The lowest BCUT2D eigenvalue weighted by Gasteiger charge is -2.21. The van der Waals surface area contributed by atoms with Gasteiger partial charge < -0.3 is 14.8 Å². The fourth-order valence-electron chi connectivity index (χ4n) is 2.86. The topological polar surface area (TPSA) is 67.2 Å². The first-order valence-electron chi connectivity index (χ1n) is 7.78. The molecule has 1 heterocycles. The molecule has 0 radical (unpaired) electrons. The van der Waals surface area contributed by atoms with Crippen LogP contribution in [0.1, 0.15) is 41.0 Å². The number of nitriles is 1. The van der Waals surface area contributed by atoms with Crippen LogP contribution in [-0.2, 0) is 0 Å². The van der Waals surface area contributed by atoms with Gasteiger partial charge >= 0.3 is 0 Å². The fraction of sp³-hybridized carbons (Fsp3) is 0.368. The molecule has 2 rings (SSSR count). The van der Waals surface area contributed by atoms with Gasteiger partial charge in [0, 0.05) is 11.7 Å². The molecule has 0 aliphatic heterocycles. The average molecular weight is 325 g/mol. The minimum absolute atomic E-state index is 0.00175. The normalized spacial score (nSPS) is 11.5. The highest BCUT2D eigenvalue weighted by molar-refractivity contribution is 5.61. The van der Waals surface area contributed by atoms with E-state index >= 15 is 0 Å². The Kier molecular flexibility index (Phi) is 5.30. The molecule has 5 nitrogen and oxygen atoms in total. The van der Waals surface area contributed by atoms with Gasteiger partial charge in [-0.25, -0.2) is 0 Å². The van der Waals surface area contributed by atoms with E-state index in [-0.39, 0.29) is 6.04 Å². The Morgan fingerprint density at radius 1 is 1.08 bits per heavy atom. The van der Waals surface area contributed by atoms with E-state index in [4.69, 9.17) is 9.47 Å². The van der Waals surface area contributed by atoms with Crippen LogP contribution in [0, 0.1) is 32.1 Å². The summed E-state index contributed by atoms with van der Waals surface area (Å²) >= 11 is 0. The summed E-state index contributed by atoms with van der Waals surface area (Å²) in [7, 11) is 3.25. The number of methoxy groups -OCH3 is 2. The summed E-state index contributed by atoms with van der Waals surface area (Å²) in [4.78, 5) is 4.35. The lowest BCUT2D eigenvalue weighted by atomic mass is 10.0. The first kappa shape index (κ1) is 17.6. The number of nitrogens with one attached hydrogen (secondary N) is 1. The van der Waals surface area contributed by atoms with Crippen molar-refractivity contribution in [2.24, 2.45) is 0 Å². The van der Waals surface area contributed by atoms with Crippen LogP contribution in [-0.4, -0.2) is 19.2 Å². The summed E-state index contributed by atoms with van der Waals surface area (Å²) in [5.41, 5.74) is 5.16. The number of ether oxygens (including phenoxy) is 2. The average Bonchev–Trinajstić information content (AvgIpc) is 2.53. The Labute approximate surface area is 143 Å². The van der Waals surface area contributed by atoms with Gasteiger partial charge in [-0.15, -0.1) is 0 Å². The molecule has 1 aromatic carbocycles. The highest BCUT2D eigenvalue weighted by Crippen LogP contribution is 2.34. The Morgan fingerprint density at radius 3 is 2.29 bits per heavy atom. The van der Waals surface area contributed by atoms with Crippen molar-refractivity contribution in [2.75, 3.05) is 19.5 Å². The van der Waals surface area contributed by atoms with E-state index in [1.807, 2.05) is 39.0 Å². The number of hydrogen-bond acceptors (Lipinski definition) is 5. The summed E-state index contributed by atoms with van der Waals surface area (Å²) in [6, 6.07) is 8.06. The molecule has 1 atom stereocenters. The van der Waals surface area contributed by atoms with Crippen molar-refractivity contribution in [3.8, 4) is 17.6 Å². The zero-order valence-electron chi connectivity index (χ0n) is 15.0.